The Morgan fingerprint density at radius 2 is 1.82 bits per heavy atom. The van der Waals surface area contributed by atoms with Crippen molar-refractivity contribution >= 4 is 18.8 Å². The number of aryl methyl sites for hydroxylation is 2. The van der Waals surface area contributed by atoms with Gasteiger partial charge in [-0.2, -0.15) is 0 Å². The summed E-state index contributed by atoms with van der Waals surface area (Å²) in [6.45, 7) is 0.230. The van der Waals surface area contributed by atoms with Crippen molar-refractivity contribution in [1.29, 1.82) is 0 Å². The van der Waals surface area contributed by atoms with E-state index >= 15 is 0 Å². The van der Waals surface area contributed by atoms with Gasteiger partial charge in [-0.15, -0.1) is 0 Å². The first-order valence-corrected chi connectivity index (χ1v) is 7.31. The van der Waals surface area contributed by atoms with Crippen LogP contribution in [-0.2, 0) is 0 Å². The van der Waals surface area contributed by atoms with Gasteiger partial charge < -0.3 is 17.6 Å². The number of benzene rings is 1. The van der Waals surface area contributed by atoms with Crippen LogP contribution in [0.1, 0.15) is 22.4 Å². The highest BCUT2D eigenvalue weighted by molar-refractivity contribution is 6.57. The van der Waals surface area contributed by atoms with Crippen LogP contribution < -0.4 is 0 Å². The summed E-state index contributed by atoms with van der Waals surface area (Å²) in [5, 5.41) is 0. The van der Waals surface area contributed by atoms with Crippen molar-refractivity contribution in [3.05, 3.63) is 76.8 Å². The van der Waals surface area contributed by atoms with Crippen LogP contribution in [0.2, 0.25) is 0 Å². The predicted octanol–water partition coefficient (Wildman–Crippen LogP) is 3.75. The van der Waals surface area contributed by atoms with Crippen LogP contribution in [0.5, 0.6) is 0 Å². The molecule has 5 heteroatoms. The normalized spacial score (nSPS) is 18.3. The molecule has 0 aliphatic carbocycles. The molecule has 0 saturated heterocycles. The molecular formula is C17H15BF2N2. The first kappa shape index (κ1) is 13.3. The van der Waals surface area contributed by atoms with Crippen molar-refractivity contribution in [2.24, 2.45) is 0 Å². The van der Waals surface area contributed by atoms with Gasteiger partial charge in [0.25, 0.3) is 0 Å². The monoisotopic (exact) mass is 296 g/mol. The Kier molecular flexibility index (Phi) is 2.58. The fourth-order valence-corrected chi connectivity index (χ4v) is 3.43. The molecule has 2 aliphatic heterocycles. The molecule has 0 radical (unpaired) electrons. The largest absolute Gasteiger partial charge is 0.737 e. The van der Waals surface area contributed by atoms with E-state index in [1.807, 2.05) is 26.0 Å². The van der Waals surface area contributed by atoms with Gasteiger partial charge in [0.15, 0.2) is 5.70 Å². The number of fused-ring (bicyclic) bond motifs is 2. The summed E-state index contributed by atoms with van der Waals surface area (Å²) >= 11 is 0. The number of halogens is 2. The number of hydrogen-bond acceptors (Lipinski definition) is 0. The second-order valence-electron chi connectivity index (χ2n) is 5.94. The highest BCUT2D eigenvalue weighted by Gasteiger charge is 2.51. The molecule has 22 heavy (non-hydrogen) atoms. The number of allylic oxidation sites excluding steroid dienone is 2. The number of hydrogen-bond donors (Lipinski definition) is 0. The van der Waals surface area contributed by atoms with E-state index in [2.05, 4.69) is 6.07 Å². The topological polar surface area (TPSA) is 7.94 Å². The van der Waals surface area contributed by atoms with Crippen LogP contribution in [0.3, 0.4) is 0 Å². The smallest absolute Gasteiger partial charge is 0.396 e. The maximum atomic E-state index is 14.7. The van der Waals surface area contributed by atoms with Crippen LogP contribution in [0.15, 0.2) is 54.4 Å². The van der Waals surface area contributed by atoms with Crippen molar-refractivity contribution in [2.45, 2.75) is 13.8 Å². The molecule has 1 aromatic carbocycles. The van der Waals surface area contributed by atoms with Gasteiger partial charge in [0, 0.05) is 17.8 Å². The maximum Gasteiger partial charge on any atom is 0.737 e. The van der Waals surface area contributed by atoms with Crippen LogP contribution >= 0.6 is 0 Å². The standard InChI is InChI=1S/C17H15BF2N2/c1-12-9-13(2)11-14(10-12)17-15-5-3-7-21(15)18(19,20)22-8-4-6-16(17)22/h3-11H,1-2H3. The lowest BCUT2D eigenvalue weighted by molar-refractivity contribution is -0.356. The van der Waals surface area contributed by atoms with Crippen molar-refractivity contribution in [1.82, 2.24) is 4.48 Å². The minimum absolute atomic E-state index is 0.571. The van der Waals surface area contributed by atoms with E-state index < -0.39 is 6.97 Å². The molecule has 1 aromatic heterocycles. The maximum absolute atomic E-state index is 14.7. The second-order valence-corrected chi connectivity index (χ2v) is 5.94. The van der Waals surface area contributed by atoms with E-state index in [0.717, 1.165) is 31.2 Å². The Bertz CT molecular complexity index is 868. The van der Waals surface area contributed by atoms with E-state index in [4.69, 9.17) is 0 Å². The zero-order valence-corrected chi connectivity index (χ0v) is 12.4. The molecule has 0 bridgehead atoms. The third-order valence-electron chi connectivity index (χ3n) is 4.25. The van der Waals surface area contributed by atoms with Gasteiger partial charge >= 0.3 is 6.97 Å². The van der Waals surface area contributed by atoms with Gasteiger partial charge in [0.2, 0.25) is 0 Å². The number of rotatable bonds is 1. The van der Waals surface area contributed by atoms with E-state index in [1.165, 1.54) is 12.4 Å². The molecule has 0 fully saturated rings. The van der Waals surface area contributed by atoms with Gasteiger partial charge in [-0.1, -0.05) is 29.3 Å². The van der Waals surface area contributed by atoms with Crippen LogP contribution in [-0.4, -0.2) is 22.1 Å². The molecule has 0 atom stereocenters. The van der Waals surface area contributed by atoms with Gasteiger partial charge in [-0.25, -0.2) is 0 Å². The number of nitrogens with zero attached hydrogens (tertiary/aromatic N) is 2. The highest BCUT2D eigenvalue weighted by Crippen LogP contribution is 2.38. The van der Waals surface area contributed by atoms with Crippen molar-refractivity contribution in [2.75, 3.05) is 0 Å². The predicted molar refractivity (Wildman–Crippen MR) is 85.2 cm³/mol. The summed E-state index contributed by atoms with van der Waals surface area (Å²) < 4.78 is 31.6. The molecule has 2 nitrogen and oxygen atoms in total. The Hall–Kier alpha value is -2.43. The van der Waals surface area contributed by atoms with Crippen molar-refractivity contribution < 1.29 is 13.1 Å². The first-order chi connectivity index (χ1) is 10.5. The summed E-state index contributed by atoms with van der Waals surface area (Å²) in [7, 11) is 0. The molecule has 0 unspecified atom stereocenters. The highest BCUT2D eigenvalue weighted by atomic mass is 19.2. The fourth-order valence-electron chi connectivity index (χ4n) is 3.43. The SMILES string of the molecule is Cc1cc(C)cc(C2=C3C=CC=[N+]3[B-](F)(F)n3cccc32)c1. The molecule has 0 saturated carbocycles. The summed E-state index contributed by atoms with van der Waals surface area (Å²) in [6.07, 6.45) is 6.36. The van der Waals surface area contributed by atoms with E-state index in [1.54, 1.807) is 24.3 Å². The summed E-state index contributed by atoms with van der Waals surface area (Å²) in [5.74, 6) is 0. The van der Waals surface area contributed by atoms with Gasteiger partial charge in [-0.3, -0.25) is 0 Å². The Morgan fingerprint density at radius 1 is 1.09 bits per heavy atom. The summed E-state index contributed by atoms with van der Waals surface area (Å²) in [4.78, 5) is 0. The molecule has 3 heterocycles. The zero-order valence-electron chi connectivity index (χ0n) is 12.4. The first-order valence-electron chi connectivity index (χ1n) is 7.31. The van der Waals surface area contributed by atoms with E-state index in [9.17, 15) is 8.63 Å². The molecule has 2 aliphatic rings. The average molecular weight is 296 g/mol. The minimum atomic E-state index is -3.82. The minimum Gasteiger partial charge on any atom is -0.396 e. The lowest BCUT2D eigenvalue weighted by atomic mass is 9.86. The van der Waals surface area contributed by atoms with E-state index in [-0.39, 0.29) is 0 Å². The third-order valence-corrected chi connectivity index (χ3v) is 4.25. The average Bonchev–Trinajstić information content (AvgIpc) is 3.06. The molecule has 2 aromatic rings. The molecular weight excluding hydrogens is 281 g/mol. The molecule has 0 N–H and O–H groups in total. The van der Waals surface area contributed by atoms with Crippen LogP contribution in [0.4, 0.5) is 8.63 Å². The lowest BCUT2D eigenvalue weighted by Gasteiger charge is -2.31. The number of aromatic nitrogens is 1. The molecule has 4 rings (SSSR count). The van der Waals surface area contributed by atoms with E-state index in [0.29, 0.717) is 11.4 Å². The second kappa shape index (κ2) is 4.29. The van der Waals surface area contributed by atoms with Gasteiger partial charge in [0.1, 0.15) is 6.21 Å². The quantitative estimate of drug-likeness (QED) is 0.708. The third kappa shape index (κ3) is 1.68. The zero-order chi connectivity index (χ0) is 15.5. The van der Waals surface area contributed by atoms with Crippen molar-refractivity contribution in [3.8, 4) is 0 Å². The van der Waals surface area contributed by atoms with Crippen molar-refractivity contribution in [3.63, 3.8) is 0 Å². The van der Waals surface area contributed by atoms with Gasteiger partial charge in [-0.05, 0) is 37.7 Å². The van der Waals surface area contributed by atoms with Crippen LogP contribution in [0.25, 0.3) is 5.57 Å². The Morgan fingerprint density at radius 3 is 2.55 bits per heavy atom. The Balaban J connectivity index is 2.06. The van der Waals surface area contributed by atoms with Gasteiger partial charge in [0.05, 0.1) is 5.57 Å². The Labute approximate surface area is 127 Å². The molecule has 0 spiro atoms. The van der Waals surface area contributed by atoms with Crippen LogP contribution in [0, 0.1) is 13.8 Å². The summed E-state index contributed by atoms with van der Waals surface area (Å²) in [5.41, 5.74) is 5.23. The molecule has 0 amide bonds. The molecule has 110 valence electrons. The summed E-state index contributed by atoms with van der Waals surface area (Å²) in [6, 6.07) is 9.63. The lowest BCUT2D eigenvalue weighted by Crippen LogP contribution is -2.49. The fraction of sp³-hybridized carbons (Fsp3) is 0.118.